The van der Waals surface area contributed by atoms with Crippen LogP contribution in [-0.4, -0.2) is 52.7 Å². The number of benzene rings is 2. The number of hydrogen-bond donors (Lipinski definition) is 2. The van der Waals surface area contributed by atoms with Gasteiger partial charge in [-0.1, -0.05) is 24.3 Å². The van der Waals surface area contributed by atoms with E-state index in [0.29, 0.717) is 17.8 Å². The number of aromatic nitrogens is 1. The molecule has 0 saturated heterocycles. The number of amides is 3. The van der Waals surface area contributed by atoms with Crippen LogP contribution in [0.5, 0.6) is 0 Å². The Hall–Kier alpha value is -3.91. The Morgan fingerprint density at radius 1 is 0.895 bits per heavy atom. The van der Waals surface area contributed by atoms with Crippen LogP contribution in [0.15, 0.2) is 60.7 Å². The zero-order valence-corrected chi connectivity index (χ0v) is 22.3. The van der Waals surface area contributed by atoms with Gasteiger partial charge in [0.15, 0.2) is 0 Å². The Labute approximate surface area is 223 Å². The second-order valence-corrected chi connectivity index (χ2v) is 10.5. The van der Waals surface area contributed by atoms with Crippen LogP contribution >= 0.6 is 0 Å². The zero-order valence-electron chi connectivity index (χ0n) is 22.3. The highest BCUT2D eigenvalue weighted by atomic mass is 16.2. The molecule has 0 radical (unpaired) electrons. The van der Waals surface area contributed by atoms with Crippen molar-refractivity contribution in [3.05, 3.63) is 88.7 Å². The lowest BCUT2D eigenvalue weighted by molar-refractivity contribution is -0.114. The third-order valence-electron chi connectivity index (χ3n) is 7.78. The first-order chi connectivity index (χ1) is 18.3. The van der Waals surface area contributed by atoms with E-state index in [2.05, 4.69) is 38.3 Å². The minimum absolute atomic E-state index is 0.00984. The molecule has 0 unspecified atom stereocenters. The van der Waals surface area contributed by atoms with E-state index in [-0.39, 0.29) is 23.3 Å². The van der Waals surface area contributed by atoms with Crippen molar-refractivity contribution in [2.24, 2.45) is 0 Å². The van der Waals surface area contributed by atoms with Gasteiger partial charge in [-0.3, -0.25) is 19.3 Å². The lowest BCUT2D eigenvalue weighted by Gasteiger charge is -2.53. The minimum atomic E-state index is -0.110. The lowest BCUT2D eigenvalue weighted by Crippen LogP contribution is -2.56. The smallest absolute Gasteiger partial charge is 0.268 e. The van der Waals surface area contributed by atoms with Crippen LogP contribution in [0.2, 0.25) is 0 Å². The molecule has 1 aliphatic carbocycles. The molecule has 38 heavy (non-hydrogen) atoms. The van der Waals surface area contributed by atoms with Gasteiger partial charge >= 0.3 is 0 Å². The minimum Gasteiger partial charge on any atom is -0.347 e. The fourth-order valence-electron chi connectivity index (χ4n) is 5.64. The molecule has 198 valence electrons. The number of fused-ring (bicyclic) bond motifs is 2. The van der Waals surface area contributed by atoms with E-state index >= 15 is 0 Å². The van der Waals surface area contributed by atoms with Gasteiger partial charge in [-0.15, -0.1) is 0 Å². The number of nitrogens with one attached hydrogen (secondary N) is 2. The fourth-order valence-corrected chi connectivity index (χ4v) is 5.64. The number of anilines is 1. The zero-order chi connectivity index (χ0) is 26.9. The summed E-state index contributed by atoms with van der Waals surface area (Å²) < 4.78 is 2.20. The van der Waals surface area contributed by atoms with Crippen molar-refractivity contribution in [2.45, 2.75) is 51.4 Å². The first-order valence-electron chi connectivity index (χ1n) is 13.2. The molecule has 2 aliphatic rings. The van der Waals surface area contributed by atoms with Crippen LogP contribution in [-0.2, 0) is 30.0 Å². The first kappa shape index (κ1) is 25.7. The first-order valence-corrected chi connectivity index (χ1v) is 13.2. The molecule has 0 bridgehead atoms. The third kappa shape index (κ3) is 4.96. The van der Waals surface area contributed by atoms with Gasteiger partial charge in [0.05, 0.1) is 5.54 Å². The molecular formula is C30H35N5O3. The lowest BCUT2D eigenvalue weighted by atomic mass is 9.71. The van der Waals surface area contributed by atoms with E-state index in [1.54, 1.807) is 19.0 Å². The molecule has 3 amide bonds. The van der Waals surface area contributed by atoms with E-state index in [9.17, 15) is 14.4 Å². The summed E-state index contributed by atoms with van der Waals surface area (Å²) in [5.41, 5.74) is 5.47. The van der Waals surface area contributed by atoms with Gasteiger partial charge in [0.1, 0.15) is 5.69 Å². The Kier molecular flexibility index (Phi) is 7.08. The summed E-state index contributed by atoms with van der Waals surface area (Å²) in [5.74, 6) is -0.178. The predicted molar refractivity (Wildman–Crippen MR) is 147 cm³/mol. The van der Waals surface area contributed by atoms with Crippen LogP contribution in [0, 0.1) is 0 Å². The quantitative estimate of drug-likeness (QED) is 0.501. The van der Waals surface area contributed by atoms with E-state index in [4.69, 9.17) is 0 Å². The van der Waals surface area contributed by atoms with Crippen molar-refractivity contribution in [3.63, 3.8) is 0 Å². The van der Waals surface area contributed by atoms with Gasteiger partial charge in [0, 0.05) is 64.1 Å². The summed E-state index contributed by atoms with van der Waals surface area (Å²) >= 11 is 0. The number of carbonyl (C=O) groups excluding carboxylic acids is 3. The van der Waals surface area contributed by atoms with Crippen LogP contribution in [0.1, 0.15) is 63.9 Å². The maximum absolute atomic E-state index is 13.2. The molecule has 8 heteroatoms. The summed E-state index contributed by atoms with van der Waals surface area (Å²) in [6, 6.07) is 19.5. The van der Waals surface area contributed by atoms with Gasteiger partial charge < -0.3 is 20.1 Å². The van der Waals surface area contributed by atoms with Gasteiger partial charge in [0.25, 0.3) is 11.8 Å². The standard InChI is InChI=1S/C30H35N5O3/c1-21(36)32-25-11-7-22(8-12-25)19-31-28(37)26-13-14-27-30(15-4-16-30)34(17-18-35(26)27)20-23-5-9-24(10-6-23)29(38)33(2)3/h5-14H,4,15-20H2,1-3H3,(H,31,37)(H,32,36). The monoisotopic (exact) mass is 513 g/mol. The third-order valence-corrected chi connectivity index (χ3v) is 7.78. The topological polar surface area (TPSA) is 86.7 Å². The second-order valence-electron chi connectivity index (χ2n) is 10.5. The molecule has 1 aromatic heterocycles. The van der Waals surface area contributed by atoms with Gasteiger partial charge in [-0.25, -0.2) is 0 Å². The molecule has 1 spiro atoms. The van der Waals surface area contributed by atoms with Gasteiger partial charge in [-0.2, -0.15) is 0 Å². The summed E-state index contributed by atoms with van der Waals surface area (Å²) in [7, 11) is 3.53. The van der Waals surface area contributed by atoms with Crippen molar-refractivity contribution in [1.82, 2.24) is 19.7 Å². The van der Waals surface area contributed by atoms with Crippen molar-refractivity contribution in [1.29, 1.82) is 0 Å². The van der Waals surface area contributed by atoms with Crippen LogP contribution < -0.4 is 10.6 Å². The summed E-state index contributed by atoms with van der Waals surface area (Å²) in [4.78, 5) is 40.8. The van der Waals surface area contributed by atoms with Crippen molar-refractivity contribution < 1.29 is 14.4 Å². The van der Waals surface area contributed by atoms with Gasteiger partial charge in [-0.05, 0) is 66.8 Å². The highest BCUT2D eigenvalue weighted by molar-refractivity contribution is 5.94. The van der Waals surface area contributed by atoms with E-state index in [1.807, 2.05) is 42.5 Å². The highest BCUT2D eigenvalue weighted by Gasteiger charge is 2.48. The maximum Gasteiger partial charge on any atom is 0.268 e. The molecule has 0 atom stereocenters. The van der Waals surface area contributed by atoms with Crippen LogP contribution in [0.25, 0.3) is 0 Å². The number of hydrogen-bond acceptors (Lipinski definition) is 4. The van der Waals surface area contributed by atoms with Crippen molar-refractivity contribution in [2.75, 3.05) is 26.0 Å². The molecular weight excluding hydrogens is 478 g/mol. The largest absolute Gasteiger partial charge is 0.347 e. The Bertz CT molecular complexity index is 1340. The van der Waals surface area contributed by atoms with Crippen molar-refractivity contribution >= 4 is 23.4 Å². The average molecular weight is 514 g/mol. The molecule has 3 aromatic rings. The normalized spacial score (nSPS) is 15.9. The summed E-state index contributed by atoms with van der Waals surface area (Å²) in [5, 5.41) is 5.81. The highest BCUT2D eigenvalue weighted by Crippen LogP contribution is 2.49. The Morgan fingerprint density at radius 3 is 2.18 bits per heavy atom. The number of carbonyl (C=O) groups is 3. The predicted octanol–water partition coefficient (Wildman–Crippen LogP) is 3.97. The summed E-state index contributed by atoms with van der Waals surface area (Å²) in [6.07, 6.45) is 3.33. The maximum atomic E-state index is 13.2. The molecule has 5 rings (SSSR count). The number of nitrogens with zero attached hydrogens (tertiary/aromatic N) is 3. The molecule has 1 saturated carbocycles. The molecule has 2 heterocycles. The second kappa shape index (κ2) is 10.5. The van der Waals surface area contributed by atoms with E-state index in [1.165, 1.54) is 24.6 Å². The molecule has 2 aromatic carbocycles. The average Bonchev–Trinajstić information content (AvgIpc) is 3.31. The van der Waals surface area contributed by atoms with Gasteiger partial charge in [0.2, 0.25) is 5.91 Å². The molecule has 1 aliphatic heterocycles. The number of rotatable bonds is 7. The van der Waals surface area contributed by atoms with Crippen LogP contribution in [0.3, 0.4) is 0 Å². The summed E-state index contributed by atoms with van der Waals surface area (Å²) in [6.45, 7) is 4.34. The fraction of sp³-hybridized carbons (Fsp3) is 0.367. The SMILES string of the molecule is CC(=O)Nc1ccc(CNC(=O)c2ccc3n2CCN(Cc2ccc(C(=O)N(C)C)cc2)C32CCC2)cc1. The molecule has 1 fully saturated rings. The molecule has 8 nitrogen and oxygen atoms in total. The Morgan fingerprint density at radius 2 is 1.58 bits per heavy atom. The van der Waals surface area contributed by atoms with E-state index in [0.717, 1.165) is 43.7 Å². The van der Waals surface area contributed by atoms with Crippen molar-refractivity contribution in [3.8, 4) is 0 Å². The molecule has 2 N–H and O–H groups in total. The van der Waals surface area contributed by atoms with Crippen LogP contribution in [0.4, 0.5) is 5.69 Å². The van der Waals surface area contributed by atoms with E-state index < -0.39 is 0 Å². The Balaban J connectivity index is 1.26.